The van der Waals surface area contributed by atoms with E-state index in [1.165, 1.54) is 6.21 Å². The molecular formula is C23H18BrN3O4. The molecule has 3 aromatic carbocycles. The molecule has 2 N–H and O–H groups in total. The van der Waals surface area contributed by atoms with E-state index in [1.807, 2.05) is 19.1 Å². The van der Waals surface area contributed by atoms with Crippen LogP contribution in [0.25, 0.3) is 0 Å². The van der Waals surface area contributed by atoms with Crippen LogP contribution in [-0.2, 0) is 9.59 Å². The molecule has 156 valence electrons. The topological polar surface area (TPSA) is 96.9 Å². The quantitative estimate of drug-likeness (QED) is 0.189. The van der Waals surface area contributed by atoms with Gasteiger partial charge in [-0.25, -0.2) is 10.2 Å². The van der Waals surface area contributed by atoms with Crippen molar-refractivity contribution in [3.63, 3.8) is 0 Å². The maximum atomic E-state index is 12.2. The van der Waals surface area contributed by atoms with Crippen molar-refractivity contribution in [2.75, 3.05) is 5.32 Å². The lowest BCUT2D eigenvalue weighted by atomic mass is 10.2. The third kappa shape index (κ3) is 6.61. The van der Waals surface area contributed by atoms with E-state index in [0.717, 1.165) is 10.0 Å². The van der Waals surface area contributed by atoms with E-state index in [0.29, 0.717) is 22.6 Å². The standard InChI is InChI=1S/C23H18BrN3O4/c1-15-4-2-7-19(12-15)26-21(28)22(29)27-25-14-16-8-10-20(11-9-16)31-23(30)17-5-3-6-18(24)13-17/h2-14H,1H3,(H,26,28)(H,27,29)/b25-14-. The Bertz CT molecular complexity index is 1140. The molecule has 0 aromatic heterocycles. The number of hydrogen-bond acceptors (Lipinski definition) is 5. The van der Waals surface area contributed by atoms with E-state index in [2.05, 4.69) is 31.8 Å². The predicted octanol–water partition coefficient (Wildman–Crippen LogP) is 4.07. The SMILES string of the molecule is Cc1cccc(NC(=O)C(=O)N/N=C\c2ccc(OC(=O)c3cccc(Br)c3)cc2)c1. The van der Waals surface area contributed by atoms with Gasteiger partial charge >= 0.3 is 17.8 Å². The van der Waals surface area contributed by atoms with Gasteiger partial charge in [-0.05, 0) is 72.6 Å². The van der Waals surface area contributed by atoms with Crippen LogP contribution in [0.15, 0.2) is 82.4 Å². The Kier molecular flexibility index (Phi) is 7.29. The van der Waals surface area contributed by atoms with Gasteiger partial charge in [-0.3, -0.25) is 9.59 Å². The Labute approximate surface area is 187 Å². The predicted molar refractivity (Wildman–Crippen MR) is 121 cm³/mol. The van der Waals surface area contributed by atoms with E-state index >= 15 is 0 Å². The second-order valence-electron chi connectivity index (χ2n) is 6.49. The molecule has 0 saturated heterocycles. The van der Waals surface area contributed by atoms with E-state index in [-0.39, 0.29) is 0 Å². The van der Waals surface area contributed by atoms with Gasteiger partial charge in [0.1, 0.15) is 5.75 Å². The van der Waals surface area contributed by atoms with Crippen molar-refractivity contribution in [3.05, 3.63) is 94.0 Å². The Hall–Kier alpha value is -3.78. The van der Waals surface area contributed by atoms with Crippen molar-refractivity contribution < 1.29 is 19.1 Å². The number of esters is 1. The first-order valence-corrected chi connectivity index (χ1v) is 9.99. The van der Waals surface area contributed by atoms with Crippen LogP contribution in [0, 0.1) is 6.92 Å². The monoisotopic (exact) mass is 479 g/mol. The van der Waals surface area contributed by atoms with Gasteiger partial charge in [0.25, 0.3) is 0 Å². The Balaban J connectivity index is 1.51. The number of rotatable bonds is 5. The Morgan fingerprint density at radius 1 is 0.935 bits per heavy atom. The fourth-order valence-corrected chi connectivity index (χ4v) is 2.93. The molecule has 31 heavy (non-hydrogen) atoms. The molecule has 0 aliphatic heterocycles. The summed E-state index contributed by atoms with van der Waals surface area (Å²) in [5.74, 6) is -1.83. The minimum absolute atomic E-state index is 0.365. The zero-order valence-electron chi connectivity index (χ0n) is 16.5. The number of ether oxygens (including phenoxy) is 1. The van der Waals surface area contributed by atoms with E-state index < -0.39 is 17.8 Å². The number of nitrogens with one attached hydrogen (secondary N) is 2. The van der Waals surface area contributed by atoms with Crippen molar-refractivity contribution in [2.45, 2.75) is 6.92 Å². The first kappa shape index (κ1) is 21.9. The van der Waals surface area contributed by atoms with Crippen LogP contribution in [0.3, 0.4) is 0 Å². The smallest absolute Gasteiger partial charge is 0.343 e. The van der Waals surface area contributed by atoms with E-state index in [9.17, 15) is 14.4 Å². The number of aryl methyl sites for hydroxylation is 1. The largest absolute Gasteiger partial charge is 0.423 e. The van der Waals surface area contributed by atoms with Crippen molar-refractivity contribution in [1.29, 1.82) is 0 Å². The molecule has 0 heterocycles. The van der Waals surface area contributed by atoms with Crippen LogP contribution in [0.5, 0.6) is 5.75 Å². The zero-order valence-corrected chi connectivity index (χ0v) is 18.0. The number of anilines is 1. The summed E-state index contributed by atoms with van der Waals surface area (Å²) < 4.78 is 6.10. The summed E-state index contributed by atoms with van der Waals surface area (Å²) in [6, 6.07) is 20.5. The first-order valence-electron chi connectivity index (χ1n) is 9.19. The van der Waals surface area contributed by atoms with Gasteiger partial charge in [0, 0.05) is 10.2 Å². The van der Waals surface area contributed by atoms with Crippen LogP contribution in [-0.4, -0.2) is 24.0 Å². The summed E-state index contributed by atoms with van der Waals surface area (Å²) in [7, 11) is 0. The molecule has 0 aliphatic rings. The first-order chi connectivity index (χ1) is 14.9. The lowest BCUT2D eigenvalue weighted by molar-refractivity contribution is -0.136. The van der Waals surface area contributed by atoms with Crippen LogP contribution in [0.2, 0.25) is 0 Å². The number of benzene rings is 3. The minimum Gasteiger partial charge on any atom is -0.423 e. The molecular weight excluding hydrogens is 462 g/mol. The van der Waals surface area contributed by atoms with E-state index in [4.69, 9.17) is 4.74 Å². The van der Waals surface area contributed by atoms with Gasteiger partial charge in [-0.2, -0.15) is 5.10 Å². The molecule has 0 bridgehead atoms. The molecule has 0 spiro atoms. The third-order valence-corrected chi connectivity index (χ3v) is 4.51. The highest BCUT2D eigenvalue weighted by Crippen LogP contribution is 2.16. The lowest BCUT2D eigenvalue weighted by Gasteiger charge is -2.05. The summed E-state index contributed by atoms with van der Waals surface area (Å²) in [6.45, 7) is 1.88. The molecule has 2 amide bonds. The highest BCUT2D eigenvalue weighted by atomic mass is 79.9. The van der Waals surface area contributed by atoms with Crippen LogP contribution >= 0.6 is 15.9 Å². The molecule has 3 rings (SSSR count). The van der Waals surface area contributed by atoms with E-state index in [1.54, 1.807) is 60.7 Å². The van der Waals surface area contributed by atoms with Gasteiger partial charge in [-0.15, -0.1) is 0 Å². The molecule has 0 saturated carbocycles. The van der Waals surface area contributed by atoms with Crippen LogP contribution in [0.1, 0.15) is 21.5 Å². The Morgan fingerprint density at radius 2 is 1.68 bits per heavy atom. The molecule has 0 radical (unpaired) electrons. The molecule has 0 unspecified atom stereocenters. The van der Waals surface area contributed by atoms with Gasteiger partial charge in [0.2, 0.25) is 0 Å². The molecule has 0 aliphatic carbocycles. The fourth-order valence-electron chi connectivity index (χ4n) is 2.53. The third-order valence-electron chi connectivity index (χ3n) is 4.01. The minimum atomic E-state index is -0.891. The number of amides is 2. The highest BCUT2D eigenvalue weighted by Gasteiger charge is 2.13. The average molecular weight is 480 g/mol. The summed E-state index contributed by atoms with van der Waals surface area (Å²) in [5.41, 5.74) is 4.72. The van der Waals surface area contributed by atoms with Crippen molar-refractivity contribution in [2.24, 2.45) is 5.10 Å². The summed E-state index contributed by atoms with van der Waals surface area (Å²) in [4.78, 5) is 35.9. The zero-order chi connectivity index (χ0) is 22.2. The number of nitrogens with zero attached hydrogens (tertiary/aromatic N) is 1. The molecule has 0 atom stereocenters. The number of halogens is 1. The number of carbonyl (C=O) groups excluding carboxylic acids is 3. The second kappa shape index (κ2) is 10.3. The van der Waals surface area contributed by atoms with Crippen LogP contribution < -0.4 is 15.5 Å². The van der Waals surface area contributed by atoms with Crippen molar-refractivity contribution in [3.8, 4) is 5.75 Å². The maximum absolute atomic E-state index is 12.2. The van der Waals surface area contributed by atoms with Crippen molar-refractivity contribution in [1.82, 2.24) is 5.43 Å². The second-order valence-corrected chi connectivity index (χ2v) is 7.41. The van der Waals surface area contributed by atoms with Crippen molar-refractivity contribution >= 4 is 45.6 Å². The normalized spacial score (nSPS) is 10.5. The summed E-state index contributed by atoms with van der Waals surface area (Å²) in [5, 5.41) is 6.27. The molecule has 3 aromatic rings. The van der Waals surface area contributed by atoms with Gasteiger partial charge in [0.05, 0.1) is 11.8 Å². The van der Waals surface area contributed by atoms with Gasteiger partial charge in [-0.1, -0.05) is 34.1 Å². The van der Waals surface area contributed by atoms with Crippen LogP contribution in [0.4, 0.5) is 5.69 Å². The molecule has 0 fully saturated rings. The summed E-state index contributed by atoms with van der Waals surface area (Å²) in [6.07, 6.45) is 1.37. The maximum Gasteiger partial charge on any atom is 0.343 e. The molecule has 7 nitrogen and oxygen atoms in total. The summed E-state index contributed by atoms with van der Waals surface area (Å²) >= 11 is 3.31. The number of hydrogen-bond donors (Lipinski definition) is 2. The number of hydrazone groups is 1. The molecule has 8 heteroatoms. The highest BCUT2D eigenvalue weighted by molar-refractivity contribution is 9.10. The lowest BCUT2D eigenvalue weighted by Crippen LogP contribution is -2.32. The van der Waals surface area contributed by atoms with Gasteiger partial charge in [0.15, 0.2) is 0 Å². The number of carbonyl (C=O) groups is 3. The van der Waals surface area contributed by atoms with Gasteiger partial charge < -0.3 is 10.1 Å². The average Bonchev–Trinajstić information content (AvgIpc) is 2.75. The Morgan fingerprint density at radius 3 is 2.39 bits per heavy atom. The fraction of sp³-hybridized carbons (Fsp3) is 0.0435.